The number of aryl methyl sites for hydroxylation is 1. The van der Waals surface area contributed by atoms with Crippen molar-refractivity contribution in [2.75, 3.05) is 20.2 Å². The highest BCUT2D eigenvalue weighted by atomic mass is 16.3. The molecule has 4 rings (SSSR count). The molecule has 0 aliphatic carbocycles. The van der Waals surface area contributed by atoms with Crippen LogP contribution >= 0.6 is 0 Å². The van der Waals surface area contributed by atoms with Crippen molar-refractivity contribution in [3.8, 4) is 0 Å². The number of fused-ring (bicyclic) bond motifs is 3. The molecule has 0 saturated heterocycles. The molecule has 3 aromatic rings. The summed E-state index contributed by atoms with van der Waals surface area (Å²) < 4.78 is 2.20. The molecule has 5 nitrogen and oxygen atoms in total. The number of likely N-dealkylation sites (N-methyl/N-ethyl adjacent to an activating group) is 1. The lowest BCUT2D eigenvalue weighted by molar-refractivity contribution is -0.0329. The van der Waals surface area contributed by atoms with E-state index in [4.69, 9.17) is 0 Å². The summed E-state index contributed by atoms with van der Waals surface area (Å²) >= 11 is 0. The maximum absolute atomic E-state index is 11.2. The number of hydrogen-bond donors (Lipinski definition) is 2. The van der Waals surface area contributed by atoms with Gasteiger partial charge in [-0.05, 0) is 49.4 Å². The van der Waals surface area contributed by atoms with Crippen molar-refractivity contribution in [3.63, 3.8) is 0 Å². The second-order valence-electron chi connectivity index (χ2n) is 7.45. The van der Waals surface area contributed by atoms with E-state index < -0.39 is 5.60 Å². The lowest BCUT2D eigenvalue weighted by Crippen LogP contribution is -2.36. The SMILES string of the molecule is C.Cc1ccc2c(c1)c1c(n2CC(O)(CO)c2ccncc2)CCN(C)C1. The van der Waals surface area contributed by atoms with Crippen molar-refractivity contribution in [1.29, 1.82) is 0 Å². The van der Waals surface area contributed by atoms with Crippen molar-refractivity contribution in [2.24, 2.45) is 0 Å². The van der Waals surface area contributed by atoms with Crippen LogP contribution in [0.5, 0.6) is 0 Å². The molecule has 0 spiro atoms. The van der Waals surface area contributed by atoms with Gasteiger partial charge in [0.2, 0.25) is 0 Å². The first kappa shape index (κ1) is 19.5. The minimum absolute atomic E-state index is 0. The van der Waals surface area contributed by atoms with Gasteiger partial charge in [-0.2, -0.15) is 0 Å². The summed E-state index contributed by atoms with van der Waals surface area (Å²) in [5.74, 6) is 0. The van der Waals surface area contributed by atoms with E-state index >= 15 is 0 Å². The van der Waals surface area contributed by atoms with E-state index in [1.165, 1.54) is 22.2 Å². The van der Waals surface area contributed by atoms with E-state index in [-0.39, 0.29) is 14.0 Å². The first-order valence-corrected chi connectivity index (χ1v) is 9.05. The van der Waals surface area contributed by atoms with Crippen LogP contribution in [0, 0.1) is 6.92 Å². The Morgan fingerprint density at radius 3 is 2.63 bits per heavy atom. The topological polar surface area (TPSA) is 61.5 Å². The standard InChI is InChI=1S/C21H25N3O2.CH4/c1-15-3-4-19-17(11-15)18-12-23(2)10-7-20(18)24(19)13-21(26,14-25)16-5-8-22-9-6-16;/h3-6,8-9,11,25-26H,7,10,12-14H2,1-2H3;1H4. The molecule has 0 amide bonds. The van der Waals surface area contributed by atoms with Gasteiger partial charge in [-0.25, -0.2) is 0 Å². The number of rotatable bonds is 4. The quantitative estimate of drug-likeness (QED) is 0.744. The molecule has 5 heteroatoms. The predicted molar refractivity (Wildman–Crippen MR) is 109 cm³/mol. The second-order valence-corrected chi connectivity index (χ2v) is 7.45. The zero-order valence-corrected chi connectivity index (χ0v) is 15.3. The minimum atomic E-state index is -1.34. The molecule has 0 fully saturated rings. The average molecular weight is 367 g/mol. The molecule has 3 heterocycles. The van der Waals surface area contributed by atoms with Gasteiger partial charge in [-0.3, -0.25) is 4.98 Å². The minimum Gasteiger partial charge on any atom is -0.393 e. The highest BCUT2D eigenvalue weighted by molar-refractivity contribution is 5.86. The zero-order valence-electron chi connectivity index (χ0n) is 15.3. The van der Waals surface area contributed by atoms with E-state index in [2.05, 4.69) is 46.6 Å². The van der Waals surface area contributed by atoms with Crippen LogP contribution in [-0.2, 0) is 25.1 Å². The fourth-order valence-corrected chi connectivity index (χ4v) is 4.04. The Morgan fingerprint density at radius 2 is 1.93 bits per heavy atom. The number of aliphatic hydroxyl groups is 2. The van der Waals surface area contributed by atoms with E-state index in [0.717, 1.165) is 25.0 Å². The van der Waals surface area contributed by atoms with Gasteiger partial charge >= 0.3 is 0 Å². The van der Waals surface area contributed by atoms with Crippen molar-refractivity contribution in [3.05, 3.63) is 65.1 Å². The van der Waals surface area contributed by atoms with Crippen LogP contribution in [0.25, 0.3) is 10.9 Å². The van der Waals surface area contributed by atoms with Gasteiger partial charge in [-0.1, -0.05) is 19.1 Å². The number of benzene rings is 1. The highest BCUT2D eigenvalue weighted by Crippen LogP contribution is 2.34. The summed E-state index contributed by atoms with van der Waals surface area (Å²) in [6.07, 6.45) is 4.24. The highest BCUT2D eigenvalue weighted by Gasteiger charge is 2.32. The molecule has 2 N–H and O–H groups in total. The van der Waals surface area contributed by atoms with Gasteiger partial charge in [0, 0.05) is 48.5 Å². The third-order valence-corrected chi connectivity index (χ3v) is 5.50. The smallest absolute Gasteiger partial charge is 0.130 e. The summed E-state index contributed by atoms with van der Waals surface area (Å²) in [6, 6.07) is 10.0. The zero-order chi connectivity index (χ0) is 18.3. The van der Waals surface area contributed by atoms with Gasteiger partial charge in [0.15, 0.2) is 0 Å². The Kier molecular flexibility index (Phi) is 5.38. The number of aliphatic hydroxyl groups excluding tert-OH is 1. The summed E-state index contributed by atoms with van der Waals surface area (Å²) in [7, 11) is 2.14. The molecule has 1 atom stereocenters. The monoisotopic (exact) mass is 367 g/mol. The van der Waals surface area contributed by atoms with Crippen LogP contribution in [0.3, 0.4) is 0 Å². The van der Waals surface area contributed by atoms with Crippen molar-refractivity contribution < 1.29 is 10.2 Å². The van der Waals surface area contributed by atoms with Gasteiger partial charge in [0.25, 0.3) is 0 Å². The van der Waals surface area contributed by atoms with E-state index in [1.54, 1.807) is 24.5 Å². The molecular weight excluding hydrogens is 338 g/mol. The first-order chi connectivity index (χ1) is 12.5. The van der Waals surface area contributed by atoms with E-state index in [0.29, 0.717) is 12.1 Å². The summed E-state index contributed by atoms with van der Waals surface area (Å²) in [5.41, 5.74) is 4.31. The molecule has 1 aromatic carbocycles. The van der Waals surface area contributed by atoms with Gasteiger partial charge in [0.1, 0.15) is 5.60 Å². The third-order valence-electron chi connectivity index (χ3n) is 5.50. The second kappa shape index (κ2) is 7.43. The molecule has 27 heavy (non-hydrogen) atoms. The molecule has 144 valence electrons. The molecule has 1 aliphatic heterocycles. The number of aromatic nitrogens is 2. The molecule has 1 unspecified atom stereocenters. The summed E-state index contributed by atoms with van der Waals surface area (Å²) in [4.78, 5) is 6.35. The maximum atomic E-state index is 11.2. The Labute approximate surface area is 160 Å². The van der Waals surface area contributed by atoms with Crippen LogP contribution < -0.4 is 0 Å². The van der Waals surface area contributed by atoms with Gasteiger partial charge in [-0.15, -0.1) is 0 Å². The summed E-state index contributed by atoms with van der Waals surface area (Å²) in [5, 5.41) is 22.5. The van der Waals surface area contributed by atoms with Crippen molar-refractivity contribution in [1.82, 2.24) is 14.5 Å². The Balaban J connectivity index is 0.00000210. The molecule has 0 bridgehead atoms. The Morgan fingerprint density at radius 1 is 1.19 bits per heavy atom. The molecular formula is C22H29N3O2. The number of nitrogens with zero attached hydrogens (tertiary/aromatic N) is 3. The van der Waals surface area contributed by atoms with E-state index in [9.17, 15) is 10.2 Å². The number of pyridine rings is 1. The van der Waals surface area contributed by atoms with Gasteiger partial charge in [0.05, 0.1) is 13.2 Å². The third kappa shape index (κ3) is 3.38. The van der Waals surface area contributed by atoms with Crippen LogP contribution in [0.4, 0.5) is 0 Å². The fourth-order valence-electron chi connectivity index (χ4n) is 4.04. The molecule has 0 radical (unpaired) electrons. The summed E-state index contributed by atoms with van der Waals surface area (Å²) in [6.45, 7) is 4.00. The van der Waals surface area contributed by atoms with Crippen LogP contribution in [-0.4, -0.2) is 44.9 Å². The normalized spacial score (nSPS) is 16.6. The fraction of sp³-hybridized carbons (Fsp3) is 0.409. The maximum Gasteiger partial charge on any atom is 0.130 e. The van der Waals surface area contributed by atoms with E-state index in [1.807, 2.05) is 0 Å². The van der Waals surface area contributed by atoms with Crippen molar-refractivity contribution in [2.45, 2.75) is 39.5 Å². The Hall–Kier alpha value is -2.21. The molecule has 2 aromatic heterocycles. The first-order valence-electron chi connectivity index (χ1n) is 9.05. The van der Waals surface area contributed by atoms with Crippen LogP contribution in [0.1, 0.15) is 29.8 Å². The predicted octanol–water partition coefficient (Wildman–Crippen LogP) is 2.85. The lowest BCUT2D eigenvalue weighted by Gasteiger charge is -2.30. The lowest BCUT2D eigenvalue weighted by atomic mass is 9.95. The van der Waals surface area contributed by atoms with Crippen LogP contribution in [0.15, 0.2) is 42.7 Å². The average Bonchev–Trinajstić information content (AvgIpc) is 2.94. The van der Waals surface area contributed by atoms with Crippen LogP contribution in [0.2, 0.25) is 0 Å². The van der Waals surface area contributed by atoms with Gasteiger partial charge < -0.3 is 19.7 Å². The molecule has 0 saturated carbocycles. The largest absolute Gasteiger partial charge is 0.393 e. The number of hydrogen-bond acceptors (Lipinski definition) is 4. The Bertz CT molecular complexity index is 936. The van der Waals surface area contributed by atoms with Crippen molar-refractivity contribution >= 4 is 10.9 Å². The molecule has 1 aliphatic rings.